The summed E-state index contributed by atoms with van der Waals surface area (Å²) in [6, 6.07) is -0.286. The number of rotatable bonds is 10. The Hall–Kier alpha value is -1.21. The van der Waals surface area contributed by atoms with Crippen molar-refractivity contribution in [2.45, 2.75) is 59.9 Å². The van der Waals surface area contributed by atoms with Crippen molar-refractivity contribution in [3.63, 3.8) is 0 Å². The monoisotopic (exact) mass is 359 g/mol. The topological polar surface area (TPSA) is 90.5 Å². The van der Waals surface area contributed by atoms with Crippen molar-refractivity contribution < 1.29 is 14.8 Å². The molecule has 0 saturated heterocycles. The number of hydroxylamine groups is 1. The van der Waals surface area contributed by atoms with Gasteiger partial charge in [-0.15, -0.1) is 0 Å². The number of thiocarbonyl (C=S) groups is 1. The highest BCUT2D eigenvalue weighted by atomic mass is 32.1. The molecule has 0 aliphatic carbocycles. The molecule has 140 valence electrons. The summed E-state index contributed by atoms with van der Waals surface area (Å²) in [7, 11) is 1.73. The Balaban J connectivity index is 5.43. The minimum absolute atomic E-state index is 0.130. The van der Waals surface area contributed by atoms with Crippen LogP contribution in [0.5, 0.6) is 0 Å². The summed E-state index contributed by atoms with van der Waals surface area (Å²) in [6.45, 7) is 9.94. The van der Waals surface area contributed by atoms with Crippen LogP contribution in [0.15, 0.2) is 0 Å². The van der Waals surface area contributed by atoms with E-state index in [1.165, 1.54) is 0 Å². The highest BCUT2D eigenvalue weighted by Crippen LogP contribution is 2.26. The molecule has 0 aliphatic rings. The van der Waals surface area contributed by atoms with Gasteiger partial charge in [-0.1, -0.05) is 53.3 Å². The van der Waals surface area contributed by atoms with Crippen LogP contribution in [0.4, 0.5) is 0 Å². The molecule has 0 rings (SSSR count). The molecule has 0 aromatic carbocycles. The van der Waals surface area contributed by atoms with Gasteiger partial charge in [-0.25, -0.2) is 5.48 Å². The number of carbonyl (C=O) groups excluding carboxylic acids is 2. The zero-order chi connectivity index (χ0) is 18.9. The predicted octanol–water partition coefficient (Wildman–Crippen LogP) is 2.26. The third-order valence-electron chi connectivity index (χ3n) is 4.09. The van der Waals surface area contributed by atoms with Crippen LogP contribution in [0, 0.1) is 23.7 Å². The lowest BCUT2D eigenvalue weighted by Crippen LogP contribution is -2.51. The summed E-state index contributed by atoms with van der Waals surface area (Å²) < 4.78 is 0. The quantitative estimate of drug-likeness (QED) is 0.273. The van der Waals surface area contributed by atoms with Crippen LogP contribution in [0.2, 0.25) is 0 Å². The van der Waals surface area contributed by atoms with Gasteiger partial charge in [0.1, 0.15) is 0 Å². The van der Waals surface area contributed by atoms with E-state index >= 15 is 0 Å². The fraction of sp³-hybridized carbons (Fsp3) is 0.824. The molecule has 0 aliphatic heterocycles. The average Bonchev–Trinajstić information content (AvgIpc) is 2.53. The summed E-state index contributed by atoms with van der Waals surface area (Å²) >= 11 is 5.29. The molecule has 0 aromatic heterocycles. The Morgan fingerprint density at radius 3 is 2.04 bits per heavy atom. The molecule has 0 radical (unpaired) electrons. The summed E-state index contributed by atoms with van der Waals surface area (Å²) in [4.78, 5) is 25.5. The lowest BCUT2D eigenvalue weighted by atomic mass is 9.81. The second-order valence-electron chi connectivity index (χ2n) is 6.95. The van der Waals surface area contributed by atoms with Crippen LogP contribution in [-0.2, 0) is 9.59 Å². The van der Waals surface area contributed by atoms with E-state index in [1.54, 1.807) is 12.5 Å². The van der Waals surface area contributed by atoms with Crippen LogP contribution in [-0.4, -0.2) is 35.1 Å². The van der Waals surface area contributed by atoms with E-state index in [0.717, 1.165) is 6.42 Å². The van der Waals surface area contributed by atoms with E-state index in [2.05, 4.69) is 10.6 Å². The number of likely N-dealkylation sites (N-methyl/N-ethyl adjacent to an activating group) is 1. The Morgan fingerprint density at radius 2 is 1.67 bits per heavy atom. The summed E-state index contributed by atoms with van der Waals surface area (Å²) in [5, 5.41) is 14.9. The minimum Gasteiger partial charge on any atom is -0.381 e. The lowest BCUT2D eigenvalue weighted by Gasteiger charge is -2.30. The van der Waals surface area contributed by atoms with Crippen molar-refractivity contribution in [1.82, 2.24) is 16.1 Å². The maximum Gasteiger partial charge on any atom is 0.247 e. The van der Waals surface area contributed by atoms with Crippen molar-refractivity contribution in [2.75, 3.05) is 7.05 Å². The van der Waals surface area contributed by atoms with Crippen molar-refractivity contribution in [2.24, 2.45) is 23.7 Å². The fourth-order valence-electron chi connectivity index (χ4n) is 2.82. The van der Waals surface area contributed by atoms with E-state index < -0.39 is 17.7 Å². The molecule has 0 bridgehead atoms. The second-order valence-corrected chi connectivity index (χ2v) is 7.39. The molecule has 0 heterocycles. The molecule has 24 heavy (non-hydrogen) atoms. The predicted molar refractivity (Wildman–Crippen MR) is 99.7 cm³/mol. The van der Waals surface area contributed by atoms with Crippen molar-refractivity contribution in [3.05, 3.63) is 0 Å². The first-order chi connectivity index (χ1) is 11.2. The van der Waals surface area contributed by atoms with Gasteiger partial charge in [0.05, 0.1) is 16.9 Å². The molecule has 0 spiro atoms. The number of hydrogen-bond acceptors (Lipinski definition) is 4. The SMILES string of the molecule is CCC[C@H](C(=O)NO)[C@@H](CC(C)C)C(=O)N[C@H](C(=S)NC)C(C)C. The van der Waals surface area contributed by atoms with Crippen LogP contribution < -0.4 is 16.1 Å². The van der Waals surface area contributed by atoms with Crippen molar-refractivity contribution in [3.8, 4) is 0 Å². The molecular formula is C17H33N3O3S. The lowest BCUT2D eigenvalue weighted by molar-refractivity contribution is -0.141. The van der Waals surface area contributed by atoms with Crippen LogP contribution in [0.1, 0.15) is 53.9 Å². The first kappa shape index (κ1) is 22.8. The maximum absolute atomic E-state index is 12.9. The standard InChI is InChI=1S/C17H33N3O3S/c1-7-8-12(16(22)20-23)13(9-10(2)3)15(21)19-14(11(4)5)17(24)18-6/h10-14,23H,7-9H2,1-6H3,(H,18,24)(H,19,21)(H,20,22)/t12-,13+,14-/m0/s1. The third-order valence-corrected chi connectivity index (χ3v) is 4.55. The van der Waals surface area contributed by atoms with Crippen LogP contribution in [0.3, 0.4) is 0 Å². The Bertz CT molecular complexity index is 427. The molecule has 0 aromatic rings. The van der Waals surface area contributed by atoms with E-state index in [0.29, 0.717) is 17.8 Å². The van der Waals surface area contributed by atoms with Gasteiger partial charge in [0, 0.05) is 13.0 Å². The Morgan fingerprint density at radius 1 is 1.08 bits per heavy atom. The normalized spacial score (nSPS) is 14.9. The maximum atomic E-state index is 12.9. The first-order valence-corrected chi connectivity index (χ1v) is 9.06. The zero-order valence-electron chi connectivity index (χ0n) is 15.7. The van der Waals surface area contributed by atoms with E-state index in [9.17, 15) is 9.59 Å². The smallest absolute Gasteiger partial charge is 0.247 e. The van der Waals surface area contributed by atoms with Gasteiger partial charge in [-0.05, 0) is 24.7 Å². The second kappa shape index (κ2) is 11.4. The average molecular weight is 360 g/mol. The Kier molecular flexibility index (Phi) is 10.8. The van der Waals surface area contributed by atoms with Crippen molar-refractivity contribution in [1.29, 1.82) is 0 Å². The third kappa shape index (κ3) is 7.13. The van der Waals surface area contributed by atoms with Crippen molar-refractivity contribution >= 4 is 29.0 Å². The highest BCUT2D eigenvalue weighted by Gasteiger charge is 2.35. The van der Waals surface area contributed by atoms with Gasteiger partial charge in [0.25, 0.3) is 0 Å². The number of carbonyl (C=O) groups is 2. The van der Waals surface area contributed by atoms with Gasteiger partial charge < -0.3 is 10.6 Å². The molecule has 7 heteroatoms. The number of hydrogen-bond donors (Lipinski definition) is 4. The molecule has 6 nitrogen and oxygen atoms in total. The summed E-state index contributed by atoms with van der Waals surface area (Å²) in [5.74, 6) is -1.38. The fourth-order valence-corrected chi connectivity index (χ4v) is 3.15. The van der Waals surface area contributed by atoms with Gasteiger partial charge in [-0.2, -0.15) is 0 Å². The molecule has 0 unspecified atom stereocenters. The molecule has 0 fully saturated rings. The zero-order valence-corrected chi connectivity index (χ0v) is 16.5. The van der Waals surface area contributed by atoms with Crippen LogP contribution >= 0.6 is 12.2 Å². The minimum atomic E-state index is -0.557. The summed E-state index contributed by atoms with van der Waals surface area (Å²) in [5.41, 5.74) is 1.71. The van der Waals surface area contributed by atoms with Gasteiger partial charge >= 0.3 is 0 Å². The number of nitrogens with one attached hydrogen (secondary N) is 3. The largest absolute Gasteiger partial charge is 0.381 e. The molecular weight excluding hydrogens is 326 g/mol. The molecule has 2 amide bonds. The van der Waals surface area contributed by atoms with Gasteiger partial charge in [0.2, 0.25) is 11.8 Å². The molecule has 4 N–H and O–H groups in total. The first-order valence-electron chi connectivity index (χ1n) is 8.65. The van der Waals surface area contributed by atoms with Gasteiger partial charge in [-0.3, -0.25) is 14.8 Å². The molecule has 3 atom stereocenters. The highest BCUT2D eigenvalue weighted by molar-refractivity contribution is 7.80. The van der Waals surface area contributed by atoms with E-state index in [-0.39, 0.29) is 23.8 Å². The van der Waals surface area contributed by atoms with E-state index in [1.807, 2.05) is 34.6 Å². The Labute approximate surface area is 151 Å². The van der Waals surface area contributed by atoms with Crippen LogP contribution in [0.25, 0.3) is 0 Å². The number of amides is 2. The van der Waals surface area contributed by atoms with Gasteiger partial charge in [0.15, 0.2) is 0 Å². The van der Waals surface area contributed by atoms with E-state index in [4.69, 9.17) is 17.4 Å². The molecule has 0 saturated carbocycles. The summed E-state index contributed by atoms with van der Waals surface area (Å²) in [6.07, 6.45) is 1.86.